The summed E-state index contributed by atoms with van der Waals surface area (Å²) in [6, 6.07) is 15.4. The molecule has 2 heterocycles. The first-order valence-corrected chi connectivity index (χ1v) is 9.63. The second-order valence-electron chi connectivity index (χ2n) is 6.75. The van der Waals surface area contributed by atoms with E-state index in [-0.39, 0.29) is 5.91 Å². The smallest absolute Gasteiger partial charge is 0.253 e. The Balaban J connectivity index is 1.54. The summed E-state index contributed by atoms with van der Waals surface area (Å²) >= 11 is 0. The van der Waals surface area contributed by atoms with Crippen LogP contribution in [-0.4, -0.2) is 48.0 Å². The number of nitrogens with zero attached hydrogens (tertiary/aromatic N) is 3. The van der Waals surface area contributed by atoms with Crippen molar-refractivity contribution in [2.45, 2.75) is 12.8 Å². The Morgan fingerprint density at radius 1 is 1.07 bits per heavy atom. The molecule has 3 rings (SSSR count). The number of benzene rings is 1. The van der Waals surface area contributed by atoms with E-state index >= 15 is 0 Å². The van der Waals surface area contributed by atoms with E-state index in [4.69, 9.17) is 4.74 Å². The number of ether oxygens (including phenoxy) is 1. The molecule has 0 unspecified atom stereocenters. The van der Waals surface area contributed by atoms with Crippen molar-refractivity contribution in [3.63, 3.8) is 0 Å². The molecule has 150 valence electrons. The van der Waals surface area contributed by atoms with Crippen LogP contribution in [0.2, 0.25) is 0 Å². The second kappa shape index (κ2) is 10.2. The number of hydrogen-bond donors (Lipinski definition) is 1. The minimum absolute atomic E-state index is 0.0192. The van der Waals surface area contributed by atoms with Gasteiger partial charge in [-0.05, 0) is 54.3 Å². The Kier molecular flexibility index (Phi) is 7.16. The summed E-state index contributed by atoms with van der Waals surface area (Å²) in [5.41, 5.74) is 2.91. The molecule has 1 amide bonds. The third-order valence-corrected chi connectivity index (χ3v) is 4.73. The molecule has 0 aliphatic rings. The third-order valence-electron chi connectivity index (χ3n) is 4.73. The van der Waals surface area contributed by atoms with E-state index in [0.29, 0.717) is 24.5 Å². The average Bonchev–Trinajstić information content (AvgIpc) is 2.78. The number of amides is 1. The first-order chi connectivity index (χ1) is 14.2. The molecule has 1 N–H and O–H groups in total. The van der Waals surface area contributed by atoms with Crippen LogP contribution in [0.25, 0.3) is 0 Å². The molecule has 0 saturated carbocycles. The van der Waals surface area contributed by atoms with Gasteiger partial charge in [-0.25, -0.2) is 4.98 Å². The molecular formula is C23H26N4O2. The second-order valence-corrected chi connectivity index (χ2v) is 6.75. The molecular weight excluding hydrogens is 364 g/mol. The van der Waals surface area contributed by atoms with Crippen molar-refractivity contribution < 1.29 is 9.53 Å². The number of nitrogens with one attached hydrogen (secondary N) is 1. The summed E-state index contributed by atoms with van der Waals surface area (Å²) in [4.78, 5) is 22.8. The predicted molar refractivity (Wildman–Crippen MR) is 114 cm³/mol. The highest BCUT2D eigenvalue weighted by Gasteiger charge is 2.12. The van der Waals surface area contributed by atoms with Crippen molar-refractivity contribution in [1.82, 2.24) is 14.9 Å². The molecule has 0 spiro atoms. The Hall–Kier alpha value is -3.41. The molecule has 2 aromatic heterocycles. The lowest BCUT2D eigenvalue weighted by Gasteiger charge is -2.17. The normalized spacial score (nSPS) is 10.4. The van der Waals surface area contributed by atoms with E-state index < -0.39 is 0 Å². The van der Waals surface area contributed by atoms with Crippen molar-refractivity contribution in [3.05, 3.63) is 83.8 Å². The molecule has 0 aliphatic heterocycles. The van der Waals surface area contributed by atoms with Crippen LogP contribution in [0.1, 0.15) is 21.5 Å². The summed E-state index contributed by atoms with van der Waals surface area (Å²) in [5.74, 6) is 1.55. The van der Waals surface area contributed by atoms with Crippen LogP contribution in [0.4, 0.5) is 5.82 Å². The van der Waals surface area contributed by atoms with E-state index in [1.54, 1.807) is 42.7 Å². The van der Waals surface area contributed by atoms with E-state index in [1.807, 2.05) is 43.4 Å². The zero-order valence-electron chi connectivity index (χ0n) is 16.8. The summed E-state index contributed by atoms with van der Waals surface area (Å²) in [6.45, 7) is 1.34. The fraction of sp³-hybridized carbons (Fsp3) is 0.261. The Morgan fingerprint density at radius 2 is 1.86 bits per heavy atom. The van der Waals surface area contributed by atoms with Gasteiger partial charge in [-0.1, -0.05) is 18.2 Å². The van der Waals surface area contributed by atoms with Crippen LogP contribution in [0.3, 0.4) is 0 Å². The van der Waals surface area contributed by atoms with E-state index in [0.717, 1.165) is 29.7 Å². The number of hydrogen-bond acceptors (Lipinski definition) is 5. The quantitative estimate of drug-likeness (QED) is 0.606. The van der Waals surface area contributed by atoms with Crippen molar-refractivity contribution in [2.75, 3.05) is 32.6 Å². The molecule has 29 heavy (non-hydrogen) atoms. The summed E-state index contributed by atoms with van der Waals surface area (Å²) in [5, 5.41) is 3.29. The van der Waals surface area contributed by atoms with Crippen molar-refractivity contribution >= 4 is 11.7 Å². The maximum absolute atomic E-state index is 12.7. The lowest BCUT2D eigenvalue weighted by molar-refractivity contribution is 0.0796. The zero-order chi connectivity index (χ0) is 20.5. The lowest BCUT2D eigenvalue weighted by Crippen LogP contribution is -2.29. The molecule has 6 nitrogen and oxygen atoms in total. The number of methoxy groups -OCH3 is 1. The average molecular weight is 390 g/mol. The highest BCUT2D eigenvalue weighted by molar-refractivity contribution is 5.94. The fourth-order valence-electron chi connectivity index (χ4n) is 3.06. The zero-order valence-corrected chi connectivity index (χ0v) is 16.8. The maximum Gasteiger partial charge on any atom is 0.253 e. The standard InChI is InChI=1S/C23H26N4O2/c1-27(16-11-18-7-12-24-13-8-18)23(28)20-10-15-26-22(17-20)25-14-9-19-5-3-4-6-21(19)29-2/h3-8,10,12-13,15,17H,9,11,14,16H2,1-2H3,(H,25,26). The Morgan fingerprint density at radius 3 is 2.66 bits per heavy atom. The lowest BCUT2D eigenvalue weighted by atomic mass is 10.1. The number of rotatable bonds is 9. The summed E-state index contributed by atoms with van der Waals surface area (Å²) < 4.78 is 5.38. The Labute approximate surface area is 171 Å². The number of likely N-dealkylation sites (N-methyl/N-ethyl adjacent to an activating group) is 1. The van der Waals surface area contributed by atoms with Gasteiger partial charge >= 0.3 is 0 Å². The van der Waals surface area contributed by atoms with Gasteiger partial charge < -0.3 is 15.0 Å². The van der Waals surface area contributed by atoms with Crippen LogP contribution >= 0.6 is 0 Å². The van der Waals surface area contributed by atoms with Crippen molar-refractivity contribution in [3.8, 4) is 5.75 Å². The van der Waals surface area contributed by atoms with Gasteiger partial charge in [0.25, 0.3) is 5.91 Å². The molecule has 6 heteroatoms. The van der Waals surface area contributed by atoms with Gasteiger partial charge in [0.15, 0.2) is 0 Å². The van der Waals surface area contributed by atoms with Gasteiger partial charge in [-0.15, -0.1) is 0 Å². The highest BCUT2D eigenvalue weighted by atomic mass is 16.5. The monoisotopic (exact) mass is 390 g/mol. The van der Waals surface area contributed by atoms with Crippen LogP contribution in [0.15, 0.2) is 67.1 Å². The van der Waals surface area contributed by atoms with Gasteiger partial charge in [0.1, 0.15) is 11.6 Å². The van der Waals surface area contributed by atoms with Gasteiger partial charge in [-0.3, -0.25) is 9.78 Å². The molecule has 1 aromatic carbocycles. The minimum Gasteiger partial charge on any atom is -0.496 e. The molecule has 0 aliphatic carbocycles. The molecule has 0 atom stereocenters. The number of carbonyl (C=O) groups excluding carboxylic acids is 1. The first kappa shape index (κ1) is 20.3. The number of para-hydroxylation sites is 1. The van der Waals surface area contributed by atoms with Crippen molar-refractivity contribution in [1.29, 1.82) is 0 Å². The summed E-state index contributed by atoms with van der Waals surface area (Å²) in [7, 11) is 3.49. The molecule has 0 bridgehead atoms. The molecule has 0 fully saturated rings. The van der Waals surface area contributed by atoms with Gasteiger partial charge in [0, 0.05) is 44.3 Å². The number of carbonyl (C=O) groups is 1. The SMILES string of the molecule is COc1ccccc1CCNc1cc(C(=O)N(C)CCc2ccncc2)ccn1. The minimum atomic E-state index is -0.0192. The van der Waals surface area contributed by atoms with E-state index in [1.165, 1.54) is 0 Å². The van der Waals surface area contributed by atoms with E-state index in [2.05, 4.69) is 15.3 Å². The maximum atomic E-state index is 12.7. The number of pyridine rings is 2. The van der Waals surface area contributed by atoms with Crippen LogP contribution < -0.4 is 10.1 Å². The summed E-state index contributed by atoms with van der Waals surface area (Å²) in [6.07, 6.45) is 6.79. The van der Waals surface area contributed by atoms with Gasteiger partial charge in [0.05, 0.1) is 7.11 Å². The number of anilines is 1. The van der Waals surface area contributed by atoms with Crippen LogP contribution in [0, 0.1) is 0 Å². The molecule has 0 radical (unpaired) electrons. The van der Waals surface area contributed by atoms with Gasteiger partial charge in [0.2, 0.25) is 0 Å². The largest absolute Gasteiger partial charge is 0.496 e. The van der Waals surface area contributed by atoms with Crippen LogP contribution in [-0.2, 0) is 12.8 Å². The third kappa shape index (κ3) is 5.78. The fourth-order valence-corrected chi connectivity index (χ4v) is 3.06. The van der Waals surface area contributed by atoms with Crippen molar-refractivity contribution in [2.24, 2.45) is 0 Å². The molecule has 0 saturated heterocycles. The Bertz CT molecular complexity index is 931. The van der Waals surface area contributed by atoms with E-state index in [9.17, 15) is 4.79 Å². The van der Waals surface area contributed by atoms with Gasteiger partial charge in [-0.2, -0.15) is 0 Å². The van der Waals surface area contributed by atoms with Crippen LogP contribution in [0.5, 0.6) is 5.75 Å². The topological polar surface area (TPSA) is 67.3 Å². The number of aromatic nitrogens is 2. The predicted octanol–water partition coefficient (Wildman–Crippen LogP) is 3.45. The molecule has 3 aromatic rings. The highest BCUT2D eigenvalue weighted by Crippen LogP contribution is 2.18. The first-order valence-electron chi connectivity index (χ1n) is 9.63.